The Morgan fingerprint density at radius 1 is 1.03 bits per heavy atom. The lowest BCUT2D eigenvalue weighted by molar-refractivity contribution is -0.143. The highest BCUT2D eigenvalue weighted by Crippen LogP contribution is 2.31. The lowest BCUT2D eigenvalue weighted by Gasteiger charge is -2.36. The van der Waals surface area contributed by atoms with Gasteiger partial charge in [-0.2, -0.15) is 0 Å². The molecule has 3 aromatic rings. The number of ether oxygens (including phenoxy) is 3. The van der Waals surface area contributed by atoms with E-state index in [1.54, 1.807) is 23.1 Å². The Hall–Kier alpha value is -3.85. The summed E-state index contributed by atoms with van der Waals surface area (Å²) in [6.45, 7) is 3.06. The van der Waals surface area contributed by atoms with Crippen LogP contribution in [0.25, 0.3) is 0 Å². The van der Waals surface area contributed by atoms with Crippen molar-refractivity contribution in [3.05, 3.63) is 88.2 Å². The molecule has 0 saturated carbocycles. The molecule has 2 aromatic carbocycles. The van der Waals surface area contributed by atoms with E-state index in [4.69, 9.17) is 18.6 Å². The maximum atomic E-state index is 13.3. The Morgan fingerprint density at radius 2 is 1.83 bits per heavy atom. The van der Waals surface area contributed by atoms with Crippen molar-refractivity contribution in [1.82, 2.24) is 9.80 Å². The van der Waals surface area contributed by atoms with Gasteiger partial charge in [-0.15, -0.1) is 0 Å². The standard InChI is InChI=1S/C26H25FN2O6/c27-19-5-3-4-18(12-19)15-33-24-16-32-20(13-21(24)30)14-28-8-10-29(11-9-28)26(31)25-17-34-22-6-1-2-7-23(22)35-25/h1-7,12-13,16,25H,8-11,14-15,17H2/t25-/m1/s1. The highest BCUT2D eigenvalue weighted by Gasteiger charge is 2.32. The summed E-state index contributed by atoms with van der Waals surface area (Å²) in [5, 5.41) is 0. The first-order chi connectivity index (χ1) is 17.0. The Morgan fingerprint density at radius 3 is 2.60 bits per heavy atom. The molecule has 0 N–H and O–H groups in total. The molecule has 1 amide bonds. The Balaban J connectivity index is 1.11. The van der Waals surface area contributed by atoms with Crippen LogP contribution in [0.3, 0.4) is 0 Å². The van der Waals surface area contributed by atoms with Gasteiger partial charge in [0.1, 0.15) is 31.1 Å². The molecule has 2 aliphatic rings. The van der Waals surface area contributed by atoms with Crippen LogP contribution in [0.4, 0.5) is 4.39 Å². The number of amides is 1. The molecule has 5 rings (SSSR count). The smallest absolute Gasteiger partial charge is 0.267 e. The van der Waals surface area contributed by atoms with Crippen LogP contribution in [0.1, 0.15) is 11.3 Å². The fourth-order valence-corrected chi connectivity index (χ4v) is 4.11. The van der Waals surface area contributed by atoms with Gasteiger partial charge in [0.25, 0.3) is 5.91 Å². The van der Waals surface area contributed by atoms with Crippen molar-refractivity contribution in [3.63, 3.8) is 0 Å². The van der Waals surface area contributed by atoms with Gasteiger partial charge >= 0.3 is 0 Å². The van der Waals surface area contributed by atoms with Crippen LogP contribution in [0.5, 0.6) is 17.2 Å². The third-order valence-electron chi connectivity index (χ3n) is 5.98. The first kappa shape index (κ1) is 22.9. The predicted molar refractivity (Wildman–Crippen MR) is 124 cm³/mol. The number of benzene rings is 2. The molecule has 9 heteroatoms. The molecular formula is C26H25FN2O6. The summed E-state index contributed by atoms with van der Waals surface area (Å²) in [5.74, 6) is 1.35. The Bertz CT molecular complexity index is 1250. The van der Waals surface area contributed by atoms with E-state index >= 15 is 0 Å². The Kier molecular flexibility index (Phi) is 6.67. The minimum Gasteiger partial charge on any atom is -0.485 e. The second-order valence-corrected chi connectivity index (χ2v) is 8.46. The normalized spacial score (nSPS) is 17.7. The van der Waals surface area contributed by atoms with Gasteiger partial charge in [0.2, 0.25) is 17.3 Å². The lowest BCUT2D eigenvalue weighted by Crippen LogP contribution is -2.53. The largest absolute Gasteiger partial charge is 0.485 e. The van der Waals surface area contributed by atoms with E-state index in [1.807, 2.05) is 18.2 Å². The van der Waals surface area contributed by atoms with Crippen molar-refractivity contribution in [3.8, 4) is 17.2 Å². The first-order valence-electron chi connectivity index (χ1n) is 11.4. The van der Waals surface area contributed by atoms with Crippen LogP contribution >= 0.6 is 0 Å². The zero-order valence-corrected chi connectivity index (χ0v) is 19.0. The maximum absolute atomic E-state index is 13.3. The summed E-state index contributed by atoms with van der Waals surface area (Å²) in [6.07, 6.45) is 0.629. The number of piperazine rings is 1. The molecule has 1 atom stereocenters. The second kappa shape index (κ2) is 10.2. The average Bonchev–Trinajstić information content (AvgIpc) is 2.88. The zero-order valence-electron chi connectivity index (χ0n) is 19.0. The van der Waals surface area contributed by atoms with Crippen LogP contribution in [-0.4, -0.2) is 54.6 Å². The minimum atomic E-state index is -0.658. The third-order valence-corrected chi connectivity index (χ3v) is 5.98. The van der Waals surface area contributed by atoms with Crippen molar-refractivity contribution in [2.24, 2.45) is 0 Å². The SMILES string of the molecule is O=C([C@H]1COc2ccccc2O1)N1CCN(Cc2cc(=O)c(OCc3cccc(F)c3)co2)CC1. The predicted octanol–water partition coefficient (Wildman–Crippen LogP) is 2.84. The summed E-state index contributed by atoms with van der Waals surface area (Å²) in [4.78, 5) is 29.2. The van der Waals surface area contributed by atoms with Crippen molar-refractivity contribution in [2.45, 2.75) is 19.3 Å². The van der Waals surface area contributed by atoms with Crippen molar-refractivity contribution in [2.75, 3.05) is 32.8 Å². The molecule has 0 spiro atoms. The number of nitrogens with zero attached hydrogens (tertiary/aromatic N) is 2. The third kappa shape index (κ3) is 5.46. The average molecular weight is 480 g/mol. The van der Waals surface area contributed by atoms with Crippen LogP contribution < -0.4 is 19.6 Å². The topological polar surface area (TPSA) is 81.5 Å². The number of hydrogen-bond acceptors (Lipinski definition) is 7. The summed E-state index contributed by atoms with van der Waals surface area (Å²) in [7, 11) is 0. The van der Waals surface area contributed by atoms with E-state index in [2.05, 4.69) is 4.90 Å². The number of para-hydroxylation sites is 2. The molecule has 182 valence electrons. The molecule has 35 heavy (non-hydrogen) atoms. The van der Waals surface area contributed by atoms with Gasteiger partial charge in [0, 0.05) is 32.2 Å². The zero-order chi connectivity index (χ0) is 24.2. The van der Waals surface area contributed by atoms with Gasteiger partial charge in [-0.3, -0.25) is 14.5 Å². The molecular weight excluding hydrogens is 455 g/mol. The van der Waals surface area contributed by atoms with E-state index < -0.39 is 6.10 Å². The number of halogens is 1. The summed E-state index contributed by atoms with van der Waals surface area (Å²) < 4.78 is 35.9. The molecule has 2 aliphatic heterocycles. The number of fused-ring (bicyclic) bond motifs is 1. The highest BCUT2D eigenvalue weighted by molar-refractivity contribution is 5.82. The summed E-state index contributed by atoms with van der Waals surface area (Å²) >= 11 is 0. The van der Waals surface area contributed by atoms with Crippen LogP contribution in [0.15, 0.2) is 70.1 Å². The molecule has 1 aromatic heterocycles. The molecule has 1 saturated heterocycles. The number of carbonyl (C=O) groups excluding carboxylic acids is 1. The molecule has 0 bridgehead atoms. The van der Waals surface area contributed by atoms with Crippen LogP contribution in [0, 0.1) is 5.82 Å². The molecule has 8 nitrogen and oxygen atoms in total. The van der Waals surface area contributed by atoms with Gasteiger partial charge in [-0.05, 0) is 29.8 Å². The van der Waals surface area contributed by atoms with E-state index in [0.717, 1.165) is 0 Å². The maximum Gasteiger partial charge on any atom is 0.267 e. The Labute approximate surface area is 201 Å². The fourth-order valence-electron chi connectivity index (χ4n) is 4.11. The molecule has 3 heterocycles. The number of hydrogen-bond donors (Lipinski definition) is 0. The highest BCUT2D eigenvalue weighted by atomic mass is 19.1. The summed E-state index contributed by atoms with van der Waals surface area (Å²) in [6, 6.07) is 14.7. The van der Waals surface area contributed by atoms with Gasteiger partial charge in [-0.1, -0.05) is 24.3 Å². The summed E-state index contributed by atoms with van der Waals surface area (Å²) in [5.41, 5.74) is 0.321. The molecule has 0 aliphatic carbocycles. The van der Waals surface area contributed by atoms with Crippen LogP contribution in [-0.2, 0) is 17.9 Å². The monoisotopic (exact) mass is 480 g/mol. The van der Waals surface area contributed by atoms with Crippen molar-refractivity contribution in [1.29, 1.82) is 0 Å². The quantitative estimate of drug-likeness (QED) is 0.537. The lowest BCUT2D eigenvalue weighted by atomic mass is 10.2. The minimum absolute atomic E-state index is 0.0686. The number of carbonyl (C=O) groups is 1. The van der Waals surface area contributed by atoms with E-state index in [9.17, 15) is 14.0 Å². The second-order valence-electron chi connectivity index (χ2n) is 8.46. The first-order valence-corrected chi connectivity index (χ1v) is 11.4. The van der Waals surface area contributed by atoms with E-state index in [1.165, 1.54) is 24.5 Å². The number of rotatable bonds is 6. The van der Waals surface area contributed by atoms with E-state index in [-0.39, 0.29) is 36.1 Å². The van der Waals surface area contributed by atoms with Gasteiger partial charge in [0.05, 0.1) is 6.54 Å². The molecule has 0 unspecified atom stereocenters. The van der Waals surface area contributed by atoms with Gasteiger partial charge < -0.3 is 23.5 Å². The van der Waals surface area contributed by atoms with E-state index in [0.29, 0.717) is 55.5 Å². The molecule has 1 fully saturated rings. The fraction of sp³-hybridized carbons (Fsp3) is 0.308. The van der Waals surface area contributed by atoms with Crippen molar-refractivity contribution < 1.29 is 27.8 Å². The van der Waals surface area contributed by atoms with Crippen molar-refractivity contribution >= 4 is 5.91 Å². The van der Waals surface area contributed by atoms with Gasteiger partial charge in [0.15, 0.2) is 11.5 Å². The van der Waals surface area contributed by atoms with Gasteiger partial charge in [-0.25, -0.2) is 4.39 Å². The van der Waals surface area contributed by atoms with Crippen LogP contribution in [0.2, 0.25) is 0 Å². The molecule has 0 radical (unpaired) electrons.